The van der Waals surface area contributed by atoms with E-state index in [4.69, 9.17) is 4.74 Å². The van der Waals surface area contributed by atoms with Gasteiger partial charge in [-0.1, -0.05) is 30.3 Å². The lowest BCUT2D eigenvalue weighted by Gasteiger charge is -2.28. The van der Waals surface area contributed by atoms with Crippen molar-refractivity contribution in [2.24, 2.45) is 5.92 Å². The van der Waals surface area contributed by atoms with Crippen molar-refractivity contribution >= 4 is 23.2 Å². The molecule has 0 radical (unpaired) electrons. The van der Waals surface area contributed by atoms with Gasteiger partial charge < -0.3 is 19.9 Å². The number of ether oxygens (including phenoxy) is 1. The molecule has 152 valence electrons. The number of benzene rings is 2. The molecule has 0 unspecified atom stereocenters. The van der Waals surface area contributed by atoms with Crippen molar-refractivity contribution in [3.05, 3.63) is 60.2 Å². The lowest BCUT2D eigenvalue weighted by Crippen LogP contribution is -2.36. The molecule has 2 heterocycles. The highest BCUT2D eigenvalue weighted by Crippen LogP contribution is 2.22. The van der Waals surface area contributed by atoms with Crippen LogP contribution < -0.4 is 10.2 Å². The number of carbonyl (C=O) groups excluding carboxylic acids is 2. The van der Waals surface area contributed by atoms with E-state index in [1.807, 2.05) is 42.5 Å². The van der Waals surface area contributed by atoms with E-state index in [9.17, 15) is 9.59 Å². The Kier molecular flexibility index (Phi) is 6.10. The van der Waals surface area contributed by atoms with E-state index in [1.165, 1.54) is 5.56 Å². The summed E-state index contributed by atoms with van der Waals surface area (Å²) in [5.41, 5.74) is 3.10. The Morgan fingerprint density at radius 3 is 2.48 bits per heavy atom. The highest BCUT2D eigenvalue weighted by atomic mass is 16.5. The van der Waals surface area contributed by atoms with Crippen LogP contribution in [0.1, 0.15) is 12.0 Å². The molecule has 0 saturated carbocycles. The van der Waals surface area contributed by atoms with Crippen LogP contribution in [0.5, 0.6) is 0 Å². The fourth-order valence-corrected chi connectivity index (χ4v) is 3.89. The minimum Gasteiger partial charge on any atom is -0.378 e. The summed E-state index contributed by atoms with van der Waals surface area (Å²) in [4.78, 5) is 29.0. The van der Waals surface area contributed by atoms with Gasteiger partial charge >= 0.3 is 0 Å². The standard InChI is InChI=1S/C23H27N3O3/c27-22-16-19(17-26(22)11-10-18-4-2-1-3-5-18)23(28)24-20-6-8-21(9-7-20)25-12-14-29-15-13-25/h1-9,19H,10-17H2,(H,24,28)/t19-/m1/s1. The van der Waals surface area contributed by atoms with Crippen LogP contribution in [0.4, 0.5) is 11.4 Å². The molecule has 2 fully saturated rings. The molecule has 2 aliphatic rings. The summed E-state index contributed by atoms with van der Waals surface area (Å²) < 4.78 is 5.38. The van der Waals surface area contributed by atoms with Crippen molar-refractivity contribution in [3.63, 3.8) is 0 Å². The van der Waals surface area contributed by atoms with Gasteiger partial charge in [0.05, 0.1) is 19.1 Å². The predicted molar refractivity (Wildman–Crippen MR) is 113 cm³/mol. The molecular formula is C23H27N3O3. The van der Waals surface area contributed by atoms with Gasteiger partial charge in [-0.05, 0) is 36.2 Å². The molecule has 2 aromatic rings. The van der Waals surface area contributed by atoms with Crippen molar-refractivity contribution in [3.8, 4) is 0 Å². The lowest BCUT2D eigenvalue weighted by molar-refractivity contribution is -0.128. The van der Waals surface area contributed by atoms with Crippen LogP contribution in [0.2, 0.25) is 0 Å². The fourth-order valence-electron chi connectivity index (χ4n) is 3.89. The molecular weight excluding hydrogens is 366 g/mol. The van der Waals surface area contributed by atoms with E-state index < -0.39 is 0 Å². The van der Waals surface area contributed by atoms with Crippen molar-refractivity contribution in [2.45, 2.75) is 12.8 Å². The van der Waals surface area contributed by atoms with Crippen LogP contribution in [0.15, 0.2) is 54.6 Å². The summed E-state index contributed by atoms with van der Waals surface area (Å²) in [7, 11) is 0. The topological polar surface area (TPSA) is 61.9 Å². The number of morpholine rings is 1. The van der Waals surface area contributed by atoms with E-state index >= 15 is 0 Å². The summed E-state index contributed by atoms with van der Waals surface area (Å²) in [6.07, 6.45) is 1.09. The number of hydrogen-bond acceptors (Lipinski definition) is 4. The average molecular weight is 393 g/mol. The molecule has 0 bridgehead atoms. The fraction of sp³-hybridized carbons (Fsp3) is 0.391. The average Bonchev–Trinajstić information content (AvgIpc) is 3.15. The maximum Gasteiger partial charge on any atom is 0.229 e. The van der Waals surface area contributed by atoms with Gasteiger partial charge in [-0.15, -0.1) is 0 Å². The number of anilines is 2. The minimum atomic E-state index is -0.294. The SMILES string of the molecule is O=C(Nc1ccc(N2CCOCC2)cc1)[C@@H]1CC(=O)N(CCc2ccccc2)C1. The molecule has 2 aliphatic heterocycles. The Labute approximate surface area is 171 Å². The van der Waals surface area contributed by atoms with Crippen LogP contribution >= 0.6 is 0 Å². The lowest BCUT2D eigenvalue weighted by atomic mass is 10.1. The van der Waals surface area contributed by atoms with Crippen molar-refractivity contribution in [2.75, 3.05) is 49.6 Å². The Morgan fingerprint density at radius 1 is 1.03 bits per heavy atom. The molecule has 1 N–H and O–H groups in total. The summed E-state index contributed by atoms with van der Waals surface area (Å²) in [6.45, 7) is 4.40. The smallest absolute Gasteiger partial charge is 0.229 e. The third-order valence-corrected chi connectivity index (χ3v) is 5.61. The first-order valence-electron chi connectivity index (χ1n) is 10.2. The van der Waals surface area contributed by atoms with E-state index in [1.54, 1.807) is 4.90 Å². The van der Waals surface area contributed by atoms with Crippen LogP contribution in [-0.4, -0.2) is 56.1 Å². The maximum absolute atomic E-state index is 12.6. The van der Waals surface area contributed by atoms with Crippen molar-refractivity contribution in [1.82, 2.24) is 4.90 Å². The van der Waals surface area contributed by atoms with Gasteiger partial charge in [-0.25, -0.2) is 0 Å². The maximum atomic E-state index is 12.6. The van der Waals surface area contributed by atoms with E-state index in [0.29, 0.717) is 13.1 Å². The number of nitrogens with one attached hydrogen (secondary N) is 1. The van der Waals surface area contributed by atoms with Crippen molar-refractivity contribution in [1.29, 1.82) is 0 Å². The van der Waals surface area contributed by atoms with Gasteiger partial charge in [0, 0.05) is 44.0 Å². The molecule has 2 amide bonds. The Balaban J connectivity index is 1.29. The molecule has 1 atom stereocenters. The zero-order chi connectivity index (χ0) is 20.1. The zero-order valence-corrected chi connectivity index (χ0v) is 16.5. The molecule has 6 nitrogen and oxygen atoms in total. The van der Waals surface area contributed by atoms with Crippen LogP contribution in [-0.2, 0) is 20.7 Å². The number of hydrogen-bond donors (Lipinski definition) is 1. The molecule has 0 aromatic heterocycles. The molecule has 0 spiro atoms. The van der Waals surface area contributed by atoms with Crippen LogP contribution in [0.25, 0.3) is 0 Å². The zero-order valence-electron chi connectivity index (χ0n) is 16.5. The molecule has 0 aliphatic carbocycles. The largest absolute Gasteiger partial charge is 0.378 e. The number of nitrogens with zero attached hydrogens (tertiary/aromatic N) is 2. The second kappa shape index (κ2) is 9.09. The summed E-state index contributed by atoms with van der Waals surface area (Å²) in [5, 5.41) is 2.97. The molecule has 29 heavy (non-hydrogen) atoms. The number of likely N-dealkylation sites (tertiary alicyclic amines) is 1. The minimum absolute atomic E-state index is 0.0590. The number of amides is 2. The quantitative estimate of drug-likeness (QED) is 0.819. The molecule has 2 aromatic carbocycles. The first-order chi connectivity index (χ1) is 14.2. The number of rotatable bonds is 6. The Bertz CT molecular complexity index is 832. The van der Waals surface area contributed by atoms with Gasteiger partial charge in [0.15, 0.2) is 0 Å². The summed E-state index contributed by atoms with van der Waals surface area (Å²) >= 11 is 0. The Morgan fingerprint density at radius 2 is 1.76 bits per heavy atom. The monoisotopic (exact) mass is 393 g/mol. The summed E-state index contributed by atoms with van der Waals surface area (Å²) in [6, 6.07) is 18.0. The third kappa shape index (κ3) is 4.95. The number of carbonyl (C=O) groups is 2. The second-order valence-corrected chi connectivity index (χ2v) is 7.61. The van der Waals surface area contributed by atoms with Crippen LogP contribution in [0, 0.1) is 5.92 Å². The van der Waals surface area contributed by atoms with Gasteiger partial charge in [0.25, 0.3) is 0 Å². The van der Waals surface area contributed by atoms with E-state index in [2.05, 4.69) is 22.3 Å². The highest BCUT2D eigenvalue weighted by molar-refractivity contribution is 5.97. The Hall–Kier alpha value is -2.86. The van der Waals surface area contributed by atoms with Gasteiger partial charge in [0.1, 0.15) is 0 Å². The van der Waals surface area contributed by atoms with E-state index in [0.717, 1.165) is 44.1 Å². The molecule has 6 heteroatoms. The predicted octanol–water partition coefficient (Wildman–Crippen LogP) is 2.55. The van der Waals surface area contributed by atoms with Gasteiger partial charge in [-0.2, -0.15) is 0 Å². The first kappa shape index (κ1) is 19.5. The van der Waals surface area contributed by atoms with Gasteiger partial charge in [-0.3, -0.25) is 9.59 Å². The second-order valence-electron chi connectivity index (χ2n) is 7.61. The molecule has 2 saturated heterocycles. The highest BCUT2D eigenvalue weighted by Gasteiger charge is 2.34. The third-order valence-electron chi connectivity index (χ3n) is 5.61. The normalized spacial score (nSPS) is 19.4. The van der Waals surface area contributed by atoms with Gasteiger partial charge in [0.2, 0.25) is 11.8 Å². The van der Waals surface area contributed by atoms with Crippen molar-refractivity contribution < 1.29 is 14.3 Å². The van der Waals surface area contributed by atoms with E-state index in [-0.39, 0.29) is 24.2 Å². The first-order valence-corrected chi connectivity index (χ1v) is 10.2. The molecule has 4 rings (SSSR count). The van der Waals surface area contributed by atoms with Crippen LogP contribution in [0.3, 0.4) is 0 Å². The summed E-state index contributed by atoms with van der Waals surface area (Å²) in [5.74, 6) is -0.319.